The smallest absolute Gasteiger partial charge is 0.255 e. The zero-order valence-corrected chi connectivity index (χ0v) is 16.8. The molecule has 0 radical (unpaired) electrons. The summed E-state index contributed by atoms with van der Waals surface area (Å²) in [5, 5.41) is 5.59. The van der Waals surface area contributed by atoms with Crippen LogP contribution in [0.25, 0.3) is 0 Å². The topological polar surface area (TPSA) is 128 Å². The largest absolute Gasteiger partial charge is 0.493 e. The third-order valence-corrected chi connectivity index (χ3v) is 4.29. The van der Waals surface area contributed by atoms with Gasteiger partial charge in [-0.15, -0.1) is 0 Å². The van der Waals surface area contributed by atoms with Gasteiger partial charge in [-0.25, -0.2) is 4.98 Å². The van der Waals surface area contributed by atoms with Crippen molar-refractivity contribution in [3.63, 3.8) is 0 Å². The average Bonchev–Trinajstić information content (AvgIpc) is 3.27. The molecule has 1 aromatic heterocycles. The Morgan fingerprint density at radius 3 is 2.52 bits per heavy atom. The van der Waals surface area contributed by atoms with Crippen molar-refractivity contribution in [3.8, 4) is 5.75 Å². The lowest BCUT2D eigenvalue weighted by atomic mass is 10.1. The monoisotopic (exact) mass is 421 g/mol. The number of hydrogen-bond acceptors (Lipinski definition) is 5. The van der Waals surface area contributed by atoms with Crippen LogP contribution in [0.5, 0.6) is 5.75 Å². The molecule has 2 aromatic carbocycles. The van der Waals surface area contributed by atoms with E-state index in [0.29, 0.717) is 35.7 Å². The Kier molecular flexibility index (Phi) is 7.36. The summed E-state index contributed by atoms with van der Waals surface area (Å²) >= 11 is 0. The molecule has 0 aliphatic carbocycles. The van der Waals surface area contributed by atoms with Crippen molar-refractivity contribution >= 4 is 29.1 Å². The Morgan fingerprint density at radius 1 is 1.00 bits per heavy atom. The Hall–Kier alpha value is -4.14. The predicted molar refractivity (Wildman–Crippen MR) is 116 cm³/mol. The highest BCUT2D eigenvalue weighted by Gasteiger charge is 2.09. The zero-order chi connectivity index (χ0) is 22.1. The van der Waals surface area contributed by atoms with E-state index in [1.807, 2.05) is 4.57 Å². The first-order chi connectivity index (χ1) is 15.0. The van der Waals surface area contributed by atoms with E-state index in [4.69, 9.17) is 10.5 Å². The minimum Gasteiger partial charge on any atom is -0.493 e. The molecule has 9 nitrogen and oxygen atoms in total. The number of primary amides is 1. The summed E-state index contributed by atoms with van der Waals surface area (Å²) < 4.78 is 7.22. The Morgan fingerprint density at radius 2 is 1.81 bits per heavy atom. The predicted octanol–water partition coefficient (Wildman–Crippen LogP) is 2.42. The Bertz CT molecular complexity index is 1030. The molecule has 4 N–H and O–H groups in total. The highest BCUT2D eigenvalue weighted by atomic mass is 16.5. The van der Waals surface area contributed by atoms with E-state index < -0.39 is 5.91 Å². The number of carbonyl (C=O) groups excluding carboxylic acids is 3. The second-order valence-electron chi connectivity index (χ2n) is 6.72. The van der Waals surface area contributed by atoms with Crippen LogP contribution in [-0.2, 0) is 16.1 Å². The molecule has 0 atom stereocenters. The van der Waals surface area contributed by atoms with E-state index in [1.165, 1.54) is 0 Å². The molecular weight excluding hydrogens is 398 g/mol. The molecule has 0 aliphatic rings. The molecule has 0 saturated carbocycles. The van der Waals surface area contributed by atoms with E-state index in [9.17, 15) is 14.4 Å². The fourth-order valence-corrected chi connectivity index (χ4v) is 2.72. The van der Waals surface area contributed by atoms with Crippen LogP contribution in [-0.4, -0.2) is 33.9 Å². The van der Waals surface area contributed by atoms with Gasteiger partial charge in [-0.2, -0.15) is 0 Å². The molecule has 0 unspecified atom stereocenters. The van der Waals surface area contributed by atoms with Crippen molar-refractivity contribution in [2.75, 3.05) is 17.2 Å². The molecule has 31 heavy (non-hydrogen) atoms. The van der Waals surface area contributed by atoms with Crippen LogP contribution in [0.4, 0.5) is 11.4 Å². The second kappa shape index (κ2) is 10.6. The van der Waals surface area contributed by atoms with Crippen molar-refractivity contribution in [1.29, 1.82) is 0 Å². The number of rotatable bonds is 10. The number of aryl methyl sites for hydroxylation is 1. The molecule has 1 heterocycles. The number of nitrogens with two attached hydrogens (primary N) is 1. The highest BCUT2D eigenvalue weighted by molar-refractivity contribution is 6.05. The maximum atomic E-state index is 12.5. The van der Waals surface area contributed by atoms with Crippen molar-refractivity contribution in [2.45, 2.75) is 19.4 Å². The third-order valence-electron chi connectivity index (χ3n) is 4.29. The number of anilines is 2. The first-order valence-electron chi connectivity index (χ1n) is 9.68. The van der Waals surface area contributed by atoms with Crippen molar-refractivity contribution < 1.29 is 19.1 Å². The lowest BCUT2D eigenvalue weighted by Crippen LogP contribution is -2.16. The van der Waals surface area contributed by atoms with E-state index in [1.54, 1.807) is 67.3 Å². The number of amides is 3. The molecule has 160 valence electrons. The van der Waals surface area contributed by atoms with Gasteiger partial charge in [0.25, 0.3) is 5.91 Å². The molecular formula is C22H23N5O4. The van der Waals surface area contributed by atoms with E-state index in [0.717, 1.165) is 0 Å². The molecule has 3 aromatic rings. The molecule has 3 amide bonds. The quantitative estimate of drug-likeness (QED) is 0.463. The number of imidazole rings is 1. The van der Waals surface area contributed by atoms with E-state index >= 15 is 0 Å². The van der Waals surface area contributed by atoms with E-state index in [2.05, 4.69) is 15.6 Å². The number of nitrogens with one attached hydrogen (secondary N) is 2. The maximum Gasteiger partial charge on any atom is 0.255 e. The van der Waals surface area contributed by atoms with Gasteiger partial charge in [0.2, 0.25) is 11.8 Å². The fraction of sp³-hybridized carbons (Fsp3) is 0.182. The van der Waals surface area contributed by atoms with Gasteiger partial charge in [0, 0.05) is 42.3 Å². The van der Waals surface area contributed by atoms with E-state index in [-0.39, 0.29) is 24.8 Å². The van der Waals surface area contributed by atoms with Crippen LogP contribution in [0, 0.1) is 0 Å². The molecule has 0 saturated heterocycles. The number of nitrogens with zero attached hydrogens (tertiary/aromatic N) is 2. The van der Waals surface area contributed by atoms with Crippen LogP contribution in [0.1, 0.15) is 23.2 Å². The van der Waals surface area contributed by atoms with Gasteiger partial charge in [0.1, 0.15) is 5.75 Å². The fourth-order valence-electron chi connectivity index (χ4n) is 2.72. The van der Waals surface area contributed by atoms with Crippen LogP contribution >= 0.6 is 0 Å². The standard InChI is InChI=1S/C22H23N5O4/c23-20(28)9-13-31-19-6-4-17(5-7-19)26-22(30)16-2-1-3-18(14-16)25-21(29)8-11-27-12-10-24-15-27/h1-7,10,12,14-15H,8-9,11,13H2,(H2,23,28)(H,25,29)(H,26,30). The van der Waals surface area contributed by atoms with Gasteiger partial charge in [0.15, 0.2) is 0 Å². The number of benzene rings is 2. The van der Waals surface area contributed by atoms with Crippen LogP contribution in [0.15, 0.2) is 67.3 Å². The van der Waals surface area contributed by atoms with Gasteiger partial charge in [-0.1, -0.05) is 6.07 Å². The van der Waals surface area contributed by atoms with Gasteiger partial charge in [0.05, 0.1) is 19.4 Å². The number of hydrogen-bond donors (Lipinski definition) is 3. The van der Waals surface area contributed by atoms with Crippen LogP contribution in [0.2, 0.25) is 0 Å². The second-order valence-corrected chi connectivity index (χ2v) is 6.72. The maximum absolute atomic E-state index is 12.5. The SMILES string of the molecule is NC(=O)CCOc1ccc(NC(=O)c2cccc(NC(=O)CCn3ccnc3)c2)cc1. The third kappa shape index (κ3) is 7.00. The van der Waals surface area contributed by atoms with Gasteiger partial charge >= 0.3 is 0 Å². The van der Waals surface area contributed by atoms with Crippen molar-refractivity contribution in [2.24, 2.45) is 5.73 Å². The van der Waals surface area contributed by atoms with Crippen molar-refractivity contribution in [1.82, 2.24) is 9.55 Å². The molecule has 9 heteroatoms. The first kappa shape index (κ1) is 21.6. The molecule has 0 bridgehead atoms. The molecule has 3 rings (SSSR count). The number of carbonyl (C=O) groups is 3. The summed E-state index contributed by atoms with van der Waals surface area (Å²) in [7, 11) is 0. The molecule has 0 fully saturated rings. The molecule has 0 aliphatic heterocycles. The van der Waals surface area contributed by atoms with Gasteiger partial charge < -0.3 is 25.7 Å². The summed E-state index contributed by atoms with van der Waals surface area (Å²) in [6, 6.07) is 13.5. The normalized spacial score (nSPS) is 10.3. The summed E-state index contributed by atoms with van der Waals surface area (Å²) in [6.07, 6.45) is 5.52. The number of aromatic nitrogens is 2. The highest BCUT2D eigenvalue weighted by Crippen LogP contribution is 2.18. The minimum absolute atomic E-state index is 0.134. The lowest BCUT2D eigenvalue weighted by molar-refractivity contribution is -0.118. The zero-order valence-electron chi connectivity index (χ0n) is 16.8. The van der Waals surface area contributed by atoms with Gasteiger partial charge in [-0.05, 0) is 42.5 Å². The van der Waals surface area contributed by atoms with Crippen LogP contribution in [0.3, 0.4) is 0 Å². The van der Waals surface area contributed by atoms with Crippen molar-refractivity contribution in [3.05, 3.63) is 72.8 Å². The number of ether oxygens (including phenoxy) is 1. The average molecular weight is 421 g/mol. The molecule has 0 spiro atoms. The summed E-state index contributed by atoms with van der Waals surface area (Å²) in [4.78, 5) is 39.4. The van der Waals surface area contributed by atoms with Crippen LogP contribution < -0.4 is 21.1 Å². The Balaban J connectivity index is 1.52. The van der Waals surface area contributed by atoms with Gasteiger partial charge in [-0.3, -0.25) is 14.4 Å². The minimum atomic E-state index is -0.430. The lowest BCUT2D eigenvalue weighted by Gasteiger charge is -2.10. The summed E-state index contributed by atoms with van der Waals surface area (Å²) in [5.41, 5.74) is 6.61. The summed E-state index contributed by atoms with van der Waals surface area (Å²) in [5.74, 6) is -0.324. The summed E-state index contributed by atoms with van der Waals surface area (Å²) in [6.45, 7) is 0.718. The first-order valence-corrected chi connectivity index (χ1v) is 9.68. The Labute approximate surface area is 179 Å².